The highest BCUT2D eigenvalue weighted by Gasteiger charge is 2.14. The Balaban J connectivity index is 1.75. The van der Waals surface area contributed by atoms with E-state index in [-0.39, 0.29) is 5.91 Å². The number of hydrogen-bond acceptors (Lipinski definition) is 3. The van der Waals surface area contributed by atoms with Gasteiger partial charge in [0.05, 0.1) is 6.33 Å². The Labute approximate surface area is 118 Å². The summed E-state index contributed by atoms with van der Waals surface area (Å²) in [4.78, 5) is 15.9. The predicted octanol–water partition coefficient (Wildman–Crippen LogP) is 1.40. The number of amides is 1. The van der Waals surface area contributed by atoms with E-state index in [1.807, 2.05) is 42.0 Å². The fourth-order valence-electron chi connectivity index (χ4n) is 1.93. The molecular weight excluding hydrogens is 252 g/mol. The van der Waals surface area contributed by atoms with Crippen LogP contribution in [0.1, 0.15) is 23.6 Å². The normalized spacial score (nSPS) is 12.1. The summed E-state index contributed by atoms with van der Waals surface area (Å²) in [6.07, 6.45) is 6.26. The van der Waals surface area contributed by atoms with Gasteiger partial charge in [0.25, 0.3) is 0 Å². The molecule has 0 aliphatic heterocycles. The summed E-state index contributed by atoms with van der Waals surface area (Å²) < 4.78 is 1.98. The first-order chi connectivity index (χ1) is 9.66. The number of imidazole rings is 1. The van der Waals surface area contributed by atoms with Crippen LogP contribution in [0.4, 0.5) is 0 Å². The molecule has 0 aliphatic carbocycles. The number of nitrogens with two attached hydrogens (primary N) is 1. The molecule has 1 aromatic carbocycles. The average Bonchev–Trinajstić information content (AvgIpc) is 2.96. The molecule has 5 heteroatoms. The van der Waals surface area contributed by atoms with Crippen molar-refractivity contribution in [2.24, 2.45) is 5.73 Å². The molecule has 1 atom stereocenters. The minimum atomic E-state index is -0.608. The van der Waals surface area contributed by atoms with E-state index in [2.05, 4.69) is 10.3 Å². The highest BCUT2D eigenvalue weighted by molar-refractivity contribution is 5.82. The van der Waals surface area contributed by atoms with Gasteiger partial charge in [0, 0.05) is 25.5 Å². The molecule has 0 spiro atoms. The third kappa shape index (κ3) is 3.93. The summed E-state index contributed by atoms with van der Waals surface area (Å²) in [6, 6.07) is 7.10. The summed E-state index contributed by atoms with van der Waals surface area (Å²) >= 11 is 0. The number of carbonyl (C=O) groups is 1. The smallest absolute Gasteiger partial charge is 0.241 e. The van der Waals surface area contributed by atoms with Crippen molar-refractivity contribution in [2.75, 3.05) is 6.54 Å². The van der Waals surface area contributed by atoms with Gasteiger partial charge < -0.3 is 15.6 Å². The Morgan fingerprint density at radius 2 is 2.15 bits per heavy atom. The molecule has 0 saturated carbocycles. The highest BCUT2D eigenvalue weighted by atomic mass is 16.2. The van der Waals surface area contributed by atoms with Gasteiger partial charge in [0.1, 0.15) is 6.04 Å². The lowest BCUT2D eigenvalue weighted by Crippen LogP contribution is -2.34. The van der Waals surface area contributed by atoms with Crippen LogP contribution in [0.25, 0.3) is 0 Å². The quantitative estimate of drug-likeness (QED) is 0.781. The fraction of sp³-hybridized carbons (Fsp3) is 0.333. The number of nitrogens with one attached hydrogen (secondary N) is 1. The first-order valence-corrected chi connectivity index (χ1v) is 6.72. The van der Waals surface area contributed by atoms with Crippen molar-refractivity contribution in [3.05, 3.63) is 54.1 Å². The first-order valence-electron chi connectivity index (χ1n) is 6.72. The van der Waals surface area contributed by atoms with Crippen LogP contribution < -0.4 is 11.1 Å². The van der Waals surface area contributed by atoms with Crippen LogP contribution in [-0.2, 0) is 11.3 Å². The number of rotatable bonds is 6. The number of hydrogen-bond donors (Lipinski definition) is 2. The average molecular weight is 272 g/mol. The molecule has 5 nitrogen and oxygen atoms in total. The molecule has 0 radical (unpaired) electrons. The second kappa shape index (κ2) is 6.86. The third-order valence-corrected chi connectivity index (χ3v) is 3.17. The Kier molecular flexibility index (Phi) is 4.90. The maximum Gasteiger partial charge on any atom is 0.241 e. The third-order valence-electron chi connectivity index (χ3n) is 3.17. The Hall–Kier alpha value is -2.14. The van der Waals surface area contributed by atoms with Crippen LogP contribution in [0.2, 0.25) is 0 Å². The van der Waals surface area contributed by atoms with Crippen molar-refractivity contribution in [3.63, 3.8) is 0 Å². The van der Waals surface area contributed by atoms with Gasteiger partial charge in [0.15, 0.2) is 0 Å². The van der Waals surface area contributed by atoms with Gasteiger partial charge in [-0.3, -0.25) is 4.79 Å². The van der Waals surface area contributed by atoms with E-state index < -0.39 is 6.04 Å². The summed E-state index contributed by atoms with van der Waals surface area (Å²) in [5, 5.41) is 2.86. The summed E-state index contributed by atoms with van der Waals surface area (Å²) in [5.74, 6) is -0.139. The van der Waals surface area contributed by atoms with Crippen molar-refractivity contribution in [1.29, 1.82) is 0 Å². The second-order valence-corrected chi connectivity index (χ2v) is 4.83. The molecule has 3 N–H and O–H groups in total. The van der Waals surface area contributed by atoms with Crippen molar-refractivity contribution in [1.82, 2.24) is 14.9 Å². The molecule has 1 heterocycles. The van der Waals surface area contributed by atoms with Gasteiger partial charge in [-0.15, -0.1) is 0 Å². The molecule has 20 heavy (non-hydrogen) atoms. The molecule has 2 aromatic rings. The molecule has 0 aliphatic rings. The van der Waals surface area contributed by atoms with Gasteiger partial charge in [-0.05, 0) is 18.9 Å². The van der Waals surface area contributed by atoms with E-state index in [0.29, 0.717) is 6.54 Å². The lowest BCUT2D eigenvalue weighted by atomic mass is 10.1. The largest absolute Gasteiger partial charge is 0.354 e. The van der Waals surface area contributed by atoms with Crippen LogP contribution in [0.15, 0.2) is 43.0 Å². The monoisotopic (exact) mass is 272 g/mol. The number of carbonyl (C=O) groups excluding carboxylic acids is 1. The van der Waals surface area contributed by atoms with Gasteiger partial charge in [-0.2, -0.15) is 0 Å². The van der Waals surface area contributed by atoms with Crippen molar-refractivity contribution in [2.45, 2.75) is 25.9 Å². The number of nitrogens with zero attached hydrogens (tertiary/aromatic N) is 2. The minimum absolute atomic E-state index is 0.139. The van der Waals surface area contributed by atoms with Crippen LogP contribution in [-0.4, -0.2) is 22.0 Å². The molecule has 2 rings (SSSR count). The number of aryl methyl sites for hydroxylation is 2. The van der Waals surface area contributed by atoms with Crippen LogP contribution in [0, 0.1) is 6.92 Å². The molecule has 0 fully saturated rings. The Morgan fingerprint density at radius 3 is 2.80 bits per heavy atom. The maximum atomic E-state index is 11.9. The Morgan fingerprint density at radius 1 is 1.40 bits per heavy atom. The zero-order chi connectivity index (χ0) is 14.4. The van der Waals surface area contributed by atoms with Crippen molar-refractivity contribution >= 4 is 5.91 Å². The molecule has 1 aromatic heterocycles. The van der Waals surface area contributed by atoms with Gasteiger partial charge in [-0.25, -0.2) is 4.98 Å². The Bertz CT molecular complexity index is 534. The standard InChI is InChI=1S/C15H20N4O/c1-12-3-5-13(6-4-12)14(16)15(20)18-7-2-9-19-10-8-17-11-19/h3-6,8,10-11,14H,2,7,9,16H2,1H3,(H,18,20). The van der Waals surface area contributed by atoms with E-state index in [9.17, 15) is 4.79 Å². The molecule has 0 saturated heterocycles. The second-order valence-electron chi connectivity index (χ2n) is 4.83. The van der Waals surface area contributed by atoms with Gasteiger partial charge in [-0.1, -0.05) is 29.8 Å². The zero-order valence-corrected chi connectivity index (χ0v) is 11.6. The lowest BCUT2D eigenvalue weighted by Gasteiger charge is -2.13. The maximum absolute atomic E-state index is 11.9. The van der Waals surface area contributed by atoms with E-state index in [4.69, 9.17) is 5.73 Å². The van der Waals surface area contributed by atoms with E-state index in [1.165, 1.54) is 0 Å². The number of aromatic nitrogens is 2. The van der Waals surface area contributed by atoms with Crippen LogP contribution in [0.3, 0.4) is 0 Å². The number of benzene rings is 1. The SMILES string of the molecule is Cc1ccc(C(N)C(=O)NCCCn2ccnc2)cc1. The minimum Gasteiger partial charge on any atom is -0.354 e. The summed E-state index contributed by atoms with van der Waals surface area (Å²) in [7, 11) is 0. The summed E-state index contributed by atoms with van der Waals surface area (Å²) in [6.45, 7) is 3.45. The molecule has 106 valence electrons. The molecule has 1 amide bonds. The lowest BCUT2D eigenvalue weighted by molar-refractivity contribution is -0.122. The molecule has 1 unspecified atom stereocenters. The van der Waals surface area contributed by atoms with Crippen molar-refractivity contribution in [3.8, 4) is 0 Å². The van der Waals surface area contributed by atoms with E-state index in [1.54, 1.807) is 12.5 Å². The van der Waals surface area contributed by atoms with E-state index >= 15 is 0 Å². The highest BCUT2D eigenvalue weighted by Crippen LogP contribution is 2.11. The predicted molar refractivity (Wildman–Crippen MR) is 78.0 cm³/mol. The van der Waals surface area contributed by atoms with Gasteiger partial charge in [0.2, 0.25) is 5.91 Å². The van der Waals surface area contributed by atoms with Gasteiger partial charge >= 0.3 is 0 Å². The topological polar surface area (TPSA) is 72.9 Å². The molecule has 0 bridgehead atoms. The van der Waals surface area contributed by atoms with Crippen LogP contribution >= 0.6 is 0 Å². The first kappa shape index (κ1) is 14.3. The molecular formula is C15H20N4O. The summed E-state index contributed by atoms with van der Waals surface area (Å²) in [5.41, 5.74) is 7.93. The van der Waals surface area contributed by atoms with Crippen LogP contribution in [0.5, 0.6) is 0 Å². The fourth-order valence-corrected chi connectivity index (χ4v) is 1.93. The van der Waals surface area contributed by atoms with Crippen molar-refractivity contribution < 1.29 is 4.79 Å². The zero-order valence-electron chi connectivity index (χ0n) is 11.6. The van der Waals surface area contributed by atoms with E-state index in [0.717, 1.165) is 24.1 Å².